The lowest BCUT2D eigenvalue weighted by atomic mass is 9.64. The Hall–Kier alpha value is -4.87. The van der Waals surface area contributed by atoms with E-state index in [0.717, 1.165) is 66.6 Å². The number of methoxy groups -OCH3 is 1. The minimum Gasteiger partial charge on any atom is -0.507 e. The standard InChI is InChI=1S/C43H45N3O7/c1-44-21-43(51-22-45-2)19-33-32-18-31-27(23-4-11-34-24(16-23)14-15-46-34)8-9-28-35(48)13-10-29(38(28)31)39(32)41-30(7-6-26(20-47)52-41)40(33)53-42(43)25-5-12-36(49)37(17-25)50-3/h4-5,8-14,16-17,26-27,31,42,44-45,47-49H,6-7,15,18-22H2,1-3H3. The van der Waals surface area contributed by atoms with Crippen molar-refractivity contribution in [2.24, 2.45) is 4.99 Å². The van der Waals surface area contributed by atoms with Crippen LogP contribution in [0.25, 0.3) is 23.3 Å². The van der Waals surface area contributed by atoms with Crippen LogP contribution in [-0.2, 0) is 24.0 Å². The monoisotopic (exact) mass is 715 g/mol. The molecular weight excluding hydrogens is 670 g/mol. The molecule has 9 rings (SSSR count). The molecule has 0 amide bonds. The molecule has 0 saturated carbocycles. The number of nitrogens with zero attached hydrogens (tertiary/aromatic N) is 1. The second kappa shape index (κ2) is 13.2. The second-order valence-corrected chi connectivity index (χ2v) is 14.8. The maximum absolute atomic E-state index is 11.3. The van der Waals surface area contributed by atoms with E-state index in [9.17, 15) is 15.3 Å². The minimum atomic E-state index is -0.858. The first kappa shape index (κ1) is 33.9. The van der Waals surface area contributed by atoms with E-state index in [1.54, 1.807) is 19.2 Å². The Morgan fingerprint density at radius 1 is 0.943 bits per heavy atom. The average Bonchev–Trinajstić information content (AvgIpc) is 3.66. The number of benzene rings is 4. The van der Waals surface area contributed by atoms with Gasteiger partial charge in [0.25, 0.3) is 0 Å². The fourth-order valence-corrected chi connectivity index (χ4v) is 9.47. The Balaban J connectivity index is 1.28. The summed E-state index contributed by atoms with van der Waals surface area (Å²) in [6, 6.07) is 15.7. The highest BCUT2D eigenvalue weighted by Crippen LogP contribution is 2.60. The number of hydrogen-bond donors (Lipinski definition) is 5. The van der Waals surface area contributed by atoms with Gasteiger partial charge >= 0.3 is 0 Å². The molecule has 2 aliphatic carbocycles. The van der Waals surface area contributed by atoms with Crippen molar-refractivity contribution in [1.29, 1.82) is 0 Å². The van der Waals surface area contributed by atoms with Gasteiger partial charge in [0.15, 0.2) is 17.6 Å². The molecule has 4 aromatic carbocycles. The number of ether oxygens (including phenoxy) is 4. The Kier molecular flexibility index (Phi) is 8.46. The quantitative estimate of drug-likeness (QED) is 0.162. The summed E-state index contributed by atoms with van der Waals surface area (Å²) in [5, 5.41) is 40.9. The smallest absolute Gasteiger partial charge is 0.160 e. The Labute approximate surface area is 308 Å². The van der Waals surface area contributed by atoms with E-state index in [1.807, 2.05) is 32.3 Å². The minimum absolute atomic E-state index is 0.0244. The Bertz CT molecular complexity index is 2290. The van der Waals surface area contributed by atoms with E-state index < -0.39 is 11.7 Å². The topological polar surface area (TPSA) is 134 Å². The first-order valence-electron chi connectivity index (χ1n) is 18.5. The van der Waals surface area contributed by atoms with Crippen LogP contribution >= 0.6 is 0 Å². The van der Waals surface area contributed by atoms with Crippen molar-refractivity contribution in [1.82, 2.24) is 10.6 Å². The molecule has 4 aromatic rings. The van der Waals surface area contributed by atoms with Crippen LogP contribution in [0.1, 0.15) is 63.3 Å². The maximum Gasteiger partial charge on any atom is 0.160 e. The third-order valence-electron chi connectivity index (χ3n) is 11.8. The molecule has 10 heteroatoms. The van der Waals surface area contributed by atoms with Crippen LogP contribution in [-0.4, -0.2) is 74.7 Å². The van der Waals surface area contributed by atoms with E-state index in [2.05, 4.69) is 52.1 Å². The van der Waals surface area contributed by atoms with E-state index >= 15 is 0 Å². The Morgan fingerprint density at radius 2 is 1.79 bits per heavy atom. The lowest BCUT2D eigenvalue weighted by molar-refractivity contribution is -0.128. The molecule has 3 heterocycles. The number of aliphatic hydroxyl groups is 1. The third kappa shape index (κ3) is 5.34. The van der Waals surface area contributed by atoms with Crippen molar-refractivity contribution in [3.8, 4) is 39.9 Å². The molecule has 3 aliphatic heterocycles. The molecule has 5 unspecified atom stereocenters. The third-order valence-corrected chi connectivity index (χ3v) is 11.8. The molecule has 10 nitrogen and oxygen atoms in total. The average molecular weight is 716 g/mol. The maximum atomic E-state index is 11.3. The molecule has 5 atom stereocenters. The fraction of sp³-hybridized carbons (Fsp3) is 0.372. The number of hydrogen-bond acceptors (Lipinski definition) is 10. The zero-order valence-corrected chi connectivity index (χ0v) is 30.2. The molecule has 0 spiro atoms. The molecule has 0 saturated heterocycles. The highest BCUT2D eigenvalue weighted by Gasteiger charge is 2.51. The van der Waals surface area contributed by atoms with Gasteiger partial charge in [0, 0.05) is 41.1 Å². The number of phenols is 2. The van der Waals surface area contributed by atoms with Gasteiger partial charge in [0.05, 0.1) is 32.3 Å². The Morgan fingerprint density at radius 3 is 2.60 bits per heavy atom. The summed E-state index contributed by atoms with van der Waals surface area (Å²) in [4.78, 5) is 4.63. The summed E-state index contributed by atoms with van der Waals surface area (Å²) in [6.45, 7) is 1.39. The van der Waals surface area contributed by atoms with Crippen LogP contribution in [0.3, 0.4) is 0 Å². The number of phenolic OH excluding ortho intramolecular Hbond substituents is 2. The lowest BCUT2D eigenvalue weighted by Crippen LogP contribution is -2.54. The fourth-order valence-electron chi connectivity index (χ4n) is 9.47. The summed E-state index contributed by atoms with van der Waals surface area (Å²) in [5.74, 6) is 2.29. The van der Waals surface area contributed by atoms with Crippen molar-refractivity contribution >= 4 is 12.2 Å². The van der Waals surface area contributed by atoms with E-state index in [1.165, 1.54) is 5.56 Å². The predicted octanol–water partition coefficient (Wildman–Crippen LogP) is 4.15. The molecule has 0 fully saturated rings. The molecular formula is C43H45N3O7. The predicted molar refractivity (Wildman–Crippen MR) is 202 cm³/mol. The van der Waals surface area contributed by atoms with Crippen LogP contribution in [0, 0.1) is 0 Å². The first-order chi connectivity index (χ1) is 25.9. The zero-order valence-electron chi connectivity index (χ0n) is 30.2. The molecule has 5 N–H and O–H groups in total. The summed E-state index contributed by atoms with van der Waals surface area (Å²) < 4.78 is 26.4. The van der Waals surface area contributed by atoms with Crippen LogP contribution in [0.4, 0.5) is 0 Å². The van der Waals surface area contributed by atoms with E-state index in [4.69, 9.17) is 18.9 Å². The number of aromatic hydroxyl groups is 2. The molecule has 0 radical (unpaired) electrons. The largest absolute Gasteiger partial charge is 0.507 e. The van der Waals surface area contributed by atoms with Gasteiger partial charge in [0.1, 0.15) is 29.0 Å². The zero-order chi connectivity index (χ0) is 36.4. The van der Waals surface area contributed by atoms with Gasteiger partial charge in [0.2, 0.25) is 0 Å². The van der Waals surface area contributed by atoms with Gasteiger partial charge in [-0.3, -0.25) is 10.3 Å². The molecule has 53 heavy (non-hydrogen) atoms. The summed E-state index contributed by atoms with van der Waals surface area (Å²) in [6.07, 6.45) is 8.12. The second-order valence-electron chi connectivity index (χ2n) is 14.8. The molecule has 0 aromatic heterocycles. The van der Waals surface area contributed by atoms with E-state index in [-0.39, 0.29) is 36.0 Å². The van der Waals surface area contributed by atoms with Crippen LogP contribution < -0.4 is 35.4 Å². The van der Waals surface area contributed by atoms with Crippen LogP contribution in [0.2, 0.25) is 0 Å². The van der Waals surface area contributed by atoms with Gasteiger partial charge in [-0.25, -0.2) is 0 Å². The highest BCUT2D eigenvalue weighted by molar-refractivity contribution is 5.89. The van der Waals surface area contributed by atoms with Gasteiger partial charge in [-0.2, -0.15) is 0 Å². The lowest BCUT2D eigenvalue weighted by Gasteiger charge is -2.48. The van der Waals surface area contributed by atoms with Crippen molar-refractivity contribution < 1.29 is 34.3 Å². The number of nitrogens with one attached hydrogen (secondary N) is 2. The summed E-state index contributed by atoms with van der Waals surface area (Å²) >= 11 is 0. The van der Waals surface area contributed by atoms with Crippen molar-refractivity contribution in [3.05, 3.63) is 104 Å². The van der Waals surface area contributed by atoms with Gasteiger partial charge in [-0.05, 0) is 103 Å². The molecule has 5 aliphatic rings. The highest BCUT2D eigenvalue weighted by atomic mass is 16.6. The van der Waals surface area contributed by atoms with Crippen molar-refractivity contribution in [2.45, 2.75) is 55.3 Å². The number of likely N-dealkylation sites (N-methyl/N-ethyl adjacent to an activating group) is 1. The first-order valence-corrected chi connectivity index (χ1v) is 18.5. The van der Waals surface area contributed by atoms with Crippen molar-refractivity contribution in [2.75, 3.05) is 47.6 Å². The SMILES string of the molecule is CNCOC1(CNC)Cc2c3c(c4c(c2OC1c1ccc(O)c(OC)c1)CCC(CO)O4)-c1ccc(O)c2c1C(C3)C(c1ccc3c(c1)=CCN=3)C=C2. The van der Waals surface area contributed by atoms with Gasteiger partial charge in [-0.15, -0.1) is 0 Å². The number of allylic oxidation sites excluding steroid dienone is 1. The number of fused-ring (bicyclic) bond motifs is 8. The van der Waals surface area contributed by atoms with Gasteiger partial charge < -0.3 is 39.6 Å². The van der Waals surface area contributed by atoms with Crippen LogP contribution in [0.15, 0.2) is 59.6 Å². The number of rotatable bonds is 9. The van der Waals surface area contributed by atoms with Crippen LogP contribution in [0.5, 0.6) is 28.7 Å². The van der Waals surface area contributed by atoms with Crippen molar-refractivity contribution in [3.63, 3.8) is 0 Å². The van der Waals surface area contributed by atoms with Gasteiger partial charge in [-0.1, -0.05) is 36.4 Å². The number of aliphatic hydroxyl groups excluding tert-OH is 1. The summed E-state index contributed by atoms with van der Waals surface area (Å²) in [5.41, 5.74) is 8.40. The summed E-state index contributed by atoms with van der Waals surface area (Å²) in [7, 11) is 5.32. The molecule has 0 bridgehead atoms. The normalized spacial score (nSPS) is 24.3. The van der Waals surface area contributed by atoms with E-state index in [0.29, 0.717) is 51.3 Å². The molecule has 274 valence electrons.